The van der Waals surface area contributed by atoms with Gasteiger partial charge in [0.25, 0.3) is 11.8 Å². The quantitative estimate of drug-likeness (QED) is 0.148. The number of hydrogen-bond acceptors (Lipinski definition) is 8. The predicted octanol–water partition coefficient (Wildman–Crippen LogP) is 1.77. The molecule has 0 radical (unpaired) electrons. The first-order valence-electron chi connectivity index (χ1n) is 10.9. The first-order chi connectivity index (χ1) is 16.1. The lowest BCUT2D eigenvalue weighted by atomic mass is 10.0. The summed E-state index contributed by atoms with van der Waals surface area (Å²) in [5, 5.41) is 3.00. The smallest absolute Gasteiger partial charge is 0.466 e. The minimum Gasteiger partial charge on any atom is -0.466 e. The molecule has 0 unspecified atom stereocenters. The number of hydrogen-bond donors (Lipinski definition) is 3. The standard InChI is InChI=1S/C21H29N2O10P/c24-18-10-11-19(25)23(18)33-21(27)22-12-3-8-17-6-1-5-16(15-17)7-2-9-20(26)31-13-4-14-32-34(28,29)30/h1,5-6,15H,2-4,7-14H2,(H,22,27)(H2,28,29,30). The van der Waals surface area contributed by atoms with Crippen LogP contribution in [0.5, 0.6) is 0 Å². The molecule has 3 N–H and O–H groups in total. The lowest BCUT2D eigenvalue weighted by molar-refractivity contribution is -0.171. The van der Waals surface area contributed by atoms with Crippen LogP contribution in [-0.4, -0.2) is 58.5 Å². The Labute approximate surface area is 196 Å². The lowest BCUT2D eigenvalue weighted by Gasteiger charge is -2.13. The van der Waals surface area contributed by atoms with Gasteiger partial charge in [-0.15, -0.1) is 5.06 Å². The molecule has 0 atom stereocenters. The van der Waals surface area contributed by atoms with Crippen molar-refractivity contribution in [3.05, 3.63) is 35.4 Å². The molecule has 1 fully saturated rings. The van der Waals surface area contributed by atoms with Gasteiger partial charge in [-0.1, -0.05) is 24.3 Å². The number of imide groups is 1. The number of phosphoric acid groups is 1. The van der Waals surface area contributed by atoms with Gasteiger partial charge in [0.1, 0.15) is 0 Å². The number of nitrogens with one attached hydrogen (secondary N) is 1. The fraction of sp³-hybridized carbons (Fsp3) is 0.524. The Morgan fingerprint density at radius 2 is 1.65 bits per heavy atom. The number of amides is 3. The SMILES string of the molecule is O=C(CCCc1cccc(CCCNC(=O)ON2C(=O)CCC2=O)c1)OCCCOP(=O)(O)O. The van der Waals surface area contributed by atoms with Crippen LogP contribution in [0.3, 0.4) is 0 Å². The second-order valence-electron chi connectivity index (χ2n) is 7.56. The van der Waals surface area contributed by atoms with Crippen molar-refractivity contribution in [3.8, 4) is 0 Å². The summed E-state index contributed by atoms with van der Waals surface area (Å²) in [5.41, 5.74) is 2.11. The third-order valence-electron chi connectivity index (χ3n) is 4.74. The molecule has 34 heavy (non-hydrogen) atoms. The predicted molar refractivity (Wildman–Crippen MR) is 117 cm³/mol. The topological polar surface area (TPSA) is 169 Å². The summed E-state index contributed by atoms with van der Waals surface area (Å²) in [7, 11) is -4.50. The average molecular weight is 500 g/mol. The van der Waals surface area contributed by atoms with Gasteiger partial charge in [-0.25, -0.2) is 9.36 Å². The van der Waals surface area contributed by atoms with Gasteiger partial charge in [0, 0.05) is 32.2 Å². The highest BCUT2D eigenvalue weighted by molar-refractivity contribution is 7.46. The largest absolute Gasteiger partial charge is 0.469 e. The fourth-order valence-corrected chi connectivity index (χ4v) is 3.50. The zero-order valence-electron chi connectivity index (χ0n) is 18.6. The molecule has 2 rings (SSSR count). The van der Waals surface area contributed by atoms with E-state index in [9.17, 15) is 23.7 Å². The van der Waals surface area contributed by atoms with E-state index < -0.39 is 25.7 Å². The van der Waals surface area contributed by atoms with Crippen LogP contribution in [0.4, 0.5) is 4.79 Å². The van der Waals surface area contributed by atoms with Crippen molar-refractivity contribution in [3.63, 3.8) is 0 Å². The van der Waals surface area contributed by atoms with Gasteiger partial charge in [0.05, 0.1) is 13.2 Å². The van der Waals surface area contributed by atoms with Crippen LogP contribution in [0, 0.1) is 0 Å². The van der Waals surface area contributed by atoms with Crippen molar-refractivity contribution in [1.29, 1.82) is 0 Å². The Morgan fingerprint density at radius 3 is 2.29 bits per heavy atom. The molecule has 0 saturated carbocycles. The van der Waals surface area contributed by atoms with Crippen LogP contribution in [-0.2, 0) is 45.9 Å². The summed E-state index contributed by atoms with van der Waals surface area (Å²) < 4.78 is 19.8. The van der Waals surface area contributed by atoms with E-state index in [1.165, 1.54) is 0 Å². The van der Waals surface area contributed by atoms with E-state index in [4.69, 9.17) is 19.4 Å². The molecule has 1 aromatic carbocycles. The third-order valence-corrected chi connectivity index (χ3v) is 5.26. The normalized spacial score (nSPS) is 13.8. The van der Waals surface area contributed by atoms with Gasteiger partial charge in [-0.3, -0.25) is 18.9 Å². The van der Waals surface area contributed by atoms with E-state index in [2.05, 4.69) is 9.84 Å². The van der Waals surface area contributed by atoms with Crippen LogP contribution in [0.15, 0.2) is 24.3 Å². The summed E-state index contributed by atoms with van der Waals surface area (Å²) in [4.78, 5) is 68.1. The van der Waals surface area contributed by atoms with Crippen LogP contribution in [0.2, 0.25) is 0 Å². The molecular formula is C21H29N2O10P. The maximum atomic E-state index is 11.7. The highest BCUT2D eigenvalue weighted by Crippen LogP contribution is 2.35. The van der Waals surface area contributed by atoms with Crippen LogP contribution in [0.1, 0.15) is 49.7 Å². The molecule has 1 aromatic rings. The van der Waals surface area contributed by atoms with Crippen molar-refractivity contribution in [1.82, 2.24) is 10.4 Å². The second-order valence-corrected chi connectivity index (χ2v) is 8.80. The molecule has 1 saturated heterocycles. The van der Waals surface area contributed by atoms with Crippen LogP contribution >= 0.6 is 7.82 Å². The van der Waals surface area contributed by atoms with E-state index in [1.807, 2.05) is 24.3 Å². The minimum absolute atomic E-state index is 0.0283. The molecule has 0 aliphatic carbocycles. The number of ether oxygens (including phenoxy) is 1. The number of carbonyl (C=O) groups excluding carboxylic acids is 4. The van der Waals surface area contributed by atoms with Gasteiger partial charge in [0.2, 0.25) is 0 Å². The minimum atomic E-state index is -4.50. The molecule has 12 nitrogen and oxygen atoms in total. The summed E-state index contributed by atoms with van der Waals surface area (Å²) in [6.45, 7) is 0.143. The molecule has 3 amide bonds. The summed E-state index contributed by atoms with van der Waals surface area (Å²) >= 11 is 0. The van der Waals surface area contributed by atoms with E-state index in [-0.39, 0.29) is 44.9 Å². The molecule has 188 valence electrons. The van der Waals surface area contributed by atoms with Crippen LogP contribution in [0.25, 0.3) is 0 Å². The number of phosphoric ester groups is 1. The Balaban J connectivity index is 1.58. The first kappa shape index (κ1) is 27.5. The molecule has 0 aromatic heterocycles. The number of esters is 1. The van der Waals surface area contributed by atoms with E-state index in [1.54, 1.807) is 0 Å². The van der Waals surface area contributed by atoms with Crippen molar-refractivity contribution >= 4 is 31.7 Å². The maximum Gasteiger partial charge on any atom is 0.469 e. The molecule has 1 aliphatic heterocycles. The fourth-order valence-electron chi connectivity index (χ4n) is 3.13. The second kappa shape index (κ2) is 13.8. The highest BCUT2D eigenvalue weighted by atomic mass is 31.2. The number of hydroxylamine groups is 2. The van der Waals surface area contributed by atoms with Crippen molar-refractivity contribution in [2.75, 3.05) is 19.8 Å². The maximum absolute atomic E-state index is 11.7. The number of carbonyl (C=O) groups is 4. The monoisotopic (exact) mass is 500 g/mol. The summed E-state index contributed by atoms with van der Waals surface area (Å²) in [5.74, 6) is -1.45. The van der Waals surface area contributed by atoms with Crippen molar-refractivity contribution in [2.24, 2.45) is 0 Å². The van der Waals surface area contributed by atoms with Crippen molar-refractivity contribution in [2.45, 2.75) is 51.4 Å². The van der Waals surface area contributed by atoms with Gasteiger partial charge < -0.3 is 24.7 Å². The highest BCUT2D eigenvalue weighted by Gasteiger charge is 2.32. The number of rotatable bonds is 14. The Morgan fingerprint density at radius 1 is 1.00 bits per heavy atom. The number of benzene rings is 1. The molecule has 1 heterocycles. The van der Waals surface area contributed by atoms with Gasteiger partial charge in [-0.2, -0.15) is 0 Å². The summed E-state index contributed by atoms with van der Waals surface area (Å²) in [6, 6.07) is 7.84. The molecule has 13 heteroatoms. The Bertz CT molecular complexity index is 901. The average Bonchev–Trinajstić information content (AvgIpc) is 3.08. The molecule has 0 spiro atoms. The molecule has 1 aliphatic rings. The number of aryl methyl sites for hydroxylation is 2. The molecular weight excluding hydrogens is 471 g/mol. The lowest BCUT2D eigenvalue weighted by Crippen LogP contribution is -2.37. The third kappa shape index (κ3) is 10.9. The van der Waals surface area contributed by atoms with E-state index >= 15 is 0 Å². The molecule has 0 bridgehead atoms. The van der Waals surface area contributed by atoms with Crippen molar-refractivity contribution < 1.29 is 47.6 Å². The number of nitrogens with zero attached hydrogens (tertiary/aromatic N) is 1. The first-order valence-corrected chi connectivity index (χ1v) is 12.4. The Kier molecular flexibility index (Phi) is 11.1. The van der Waals surface area contributed by atoms with E-state index in [0.29, 0.717) is 37.3 Å². The van der Waals surface area contributed by atoms with E-state index in [0.717, 1.165) is 11.1 Å². The Hall–Kier alpha value is -2.79. The zero-order valence-corrected chi connectivity index (χ0v) is 19.5. The zero-order chi connectivity index (χ0) is 25.0. The summed E-state index contributed by atoms with van der Waals surface area (Å²) in [6.07, 6.45) is 2.22. The van der Waals surface area contributed by atoms with Gasteiger partial charge >= 0.3 is 19.9 Å². The van der Waals surface area contributed by atoms with Gasteiger partial charge in [0.15, 0.2) is 0 Å². The van der Waals surface area contributed by atoms with Crippen LogP contribution < -0.4 is 5.32 Å². The van der Waals surface area contributed by atoms with Gasteiger partial charge in [-0.05, 0) is 36.8 Å².